The maximum Gasteiger partial charge on any atom is 0.202 e. The van der Waals surface area contributed by atoms with E-state index in [2.05, 4.69) is 46.9 Å². The smallest absolute Gasteiger partial charge is 0.202 e. The summed E-state index contributed by atoms with van der Waals surface area (Å²) in [5.74, 6) is 1.77. The lowest BCUT2D eigenvalue weighted by molar-refractivity contribution is 0.378. The highest BCUT2D eigenvalue weighted by Gasteiger charge is 2.20. The van der Waals surface area contributed by atoms with Crippen molar-refractivity contribution in [3.63, 3.8) is 0 Å². The molecule has 1 unspecified atom stereocenters. The lowest BCUT2D eigenvalue weighted by Crippen LogP contribution is -2.19. The first-order valence-corrected chi connectivity index (χ1v) is 6.11. The van der Waals surface area contributed by atoms with Gasteiger partial charge in [0.15, 0.2) is 0 Å². The van der Waals surface area contributed by atoms with Crippen LogP contribution in [0.5, 0.6) is 0 Å². The number of anilines is 1. The maximum atomic E-state index is 4.36. The van der Waals surface area contributed by atoms with Crippen molar-refractivity contribution in [1.82, 2.24) is 14.5 Å². The third-order valence-electron chi connectivity index (χ3n) is 3.08. The fourth-order valence-electron chi connectivity index (χ4n) is 2.31. The van der Waals surface area contributed by atoms with E-state index in [1.165, 1.54) is 19.5 Å². The van der Waals surface area contributed by atoms with Crippen LogP contribution in [-0.2, 0) is 6.54 Å². The zero-order valence-corrected chi connectivity index (χ0v) is 10.5. The molecule has 1 fully saturated rings. The van der Waals surface area contributed by atoms with Crippen molar-refractivity contribution in [2.75, 3.05) is 25.5 Å². The number of rotatable bonds is 4. The summed E-state index contributed by atoms with van der Waals surface area (Å²) in [7, 11) is 2.20. The predicted molar refractivity (Wildman–Crippen MR) is 66.6 cm³/mol. The summed E-state index contributed by atoms with van der Waals surface area (Å²) in [6.45, 7) is 7.80. The zero-order chi connectivity index (χ0) is 11.5. The number of nitrogens with zero attached hydrogens (tertiary/aromatic N) is 3. The molecule has 4 nitrogen and oxygen atoms in total. The van der Waals surface area contributed by atoms with Gasteiger partial charge in [0.2, 0.25) is 5.95 Å². The van der Waals surface area contributed by atoms with Crippen LogP contribution in [0.25, 0.3) is 0 Å². The maximum absolute atomic E-state index is 4.36. The Morgan fingerprint density at radius 2 is 2.38 bits per heavy atom. The fourth-order valence-corrected chi connectivity index (χ4v) is 2.31. The van der Waals surface area contributed by atoms with Gasteiger partial charge in [0, 0.05) is 31.5 Å². The lowest BCUT2D eigenvalue weighted by Gasteiger charge is -2.15. The van der Waals surface area contributed by atoms with E-state index >= 15 is 0 Å². The SMILES string of the molecule is CC(C)Nc1nccn1CC1CCN(C)C1. The molecule has 0 radical (unpaired) electrons. The second-order valence-corrected chi connectivity index (χ2v) is 5.12. The van der Waals surface area contributed by atoms with Gasteiger partial charge in [-0.1, -0.05) is 0 Å². The van der Waals surface area contributed by atoms with Crippen LogP contribution in [0.4, 0.5) is 5.95 Å². The Bertz CT molecular complexity index is 332. The van der Waals surface area contributed by atoms with Gasteiger partial charge >= 0.3 is 0 Å². The largest absolute Gasteiger partial charge is 0.353 e. The van der Waals surface area contributed by atoms with Crippen LogP contribution in [0.3, 0.4) is 0 Å². The van der Waals surface area contributed by atoms with Gasteiger partial charge in [-0.25, -0.2) is 4.98 Å². The summed E-state index contributed by atoms with van der Waals surface area (Å²) in [6.07, 6.45) is 5.25. The first kappa shape index (κ1) is 11.5. The van der Waals surface area contributed by atoms with Crippen molar-refractivity contribution in [2.45, 2.75) is 32.9 Å². The number of hydrogen-bond acceptors (Lipinski definition) is 3. The molecule has 0 amide bonds. The molecule has 1 saturated heterocycles. The molecule has 2 heterocycles. The lowest BCUT2D eigenvalue weighted by atomic mass is 10.1. The molecule has 2 rings (SSSR count). The van der Waals surface area contributed by atoms with E-state index in [0.717, 1.165) is 18.4 Å². The molecule has 90 valence electrons. The Morgan fingerprint density at radius 1 is 1.56 bits per heavy atom. The van der Waals surface area contributed by atoms with Crippen LogP contribution in [0.2, 0.25) is 0 Å². The summed E-state index contributed by atoms with van der Waals surface area (Å²) >= 11 is 0. The summed E-state index contributed by atoms with van der Waals surface area (Å²) in [5.41, 5.74) is 0. The highest BCUT2D eigenvalue weighted by molar-refractivity contribution is 5.26. The monoisotopic (exact) mass is 222 g/mol. The summed E-state index contributed by atoms with van der Waals surface area (Å²) < 4.78 is 2.24. The van der Waals surface area contributed by atoms with Crippen molar-refractivity contribution in [2.24, 2.45) is 5.92 Å². The van der Waals surface area contributed by atoms with E-state index in [9.17, 15) is 0 Å². The minimum absolute atomic E-state index is 0.437. The van der Waals surface area contributed by atoms with Crippen LogP contribution in [0.1, 0.15) is 20.3 Å². The predicted octanol–water partition coefficient (Wildman–Crippen LogP) is 1.66. The van der Waals surface area contributed by atoms with Crippen molar-refractivity contribution >= 4 is 5.95 Å². The van der Waals surface area contributed by atoms with Crippen LogP contribution in [0, 0.1) is 5.92 Å². The molecule has 0 aromatic carbocycles. The summed E-state index contributed by atoms with van der Waals surface area (Å²) in [6, 6.07) is 0.437. The molecule has 1 aromatic heterocycles. The Hall–Kier alpha value is -1.03. The number of imidazole rings is 1. The molecule has 16 heavy (non-hydrogen) atoms. The fraction of sp³-hybridized carbons (Fsp3) is 0.750. The molecule has 4 heteroatoms. The van der Waals surface area contributed by atoms with E-state index < -0.39 is 0 Å². The molecule has 0 spiro atoms. The standard InChI is InChI=1S/C12H22N4/c1-10(2)14-12-13-5-7-16(12)9-11-4-6-15(3)8-11/h5,7,10-11H,4,6,8-9H2,1-3H3,(H,13,14). The quantitative estimate of drug-likeness (QED) is 0.841. The molecular weight excluding hydrogens is 200 g/mol. The molecule has 1 aliphatic heterocycles. The molecule has 1 atom stereocenters. The second-order valence-electron chi connectivity index (χ2n) is 5.12. The number of nitrogens with one attached hydrogen (secondary N) is 1. The minimum Gasteiger partial charge on any atom is -0.353 e. The average molecular weight is 222 g/mol. The molecule has 0 saturated carbocycles. The zero-order valence-electron chi connectivity index (χ0n) is 10.5. The van der Waals surface area contributed by atoms with Gasteiger partial charge in [-0.2, -0.15) is 0 Å². The number of hydrogen-bond donors (Lipinski definition) is 1. The highest BCUT2D eigenvalue weighted by atomic mass is 15.2. The Balaban J connectivity index is 1.96. The van der Waals surface area contributed by atoms with E-state index in [-0.39, 0.29) is 0 Å². The Kier molecular flexibility index (Phi) is 3.49. The van der Waals surface area contributed by atoms with Gasteiger partial charge in [0.25, 0.3) is 0 Å². The van der Waals surface area contributed by atoms with Gasteiger partial charge in [0.1, 0.15) is 0 Å². The molecular formula is C12H22N4. The highest BCUT2D eigenvalue weighted by Crippen LogP contribution is 2.18. The Morgan fingerprint density at radius 3 is 3.00 bits per heavy atom. The van der Waals surface area contributed by atoms with Crippen LogP contribution in [0.15, 0.2) is 12.4 Å². The van der Waals surface area contributed by atoms with Crippen LogP contribution >= 0.6 is 0 Å². The van der Waals surface area contributed by atoms with Crippen molar-refractivity contribution in [1.29, 1.82) is 0 Å². The van der Waals surface area contributed by atoms with Crippen molar-refractivity contribution in [3.05, 3.63) is 12.4 Å². The first-order valence-electron chi connectivity index (χ1n) is 6.11. The molecule has 0 bridgehead atoms. The minimum atomic E-state index is 0.437. The molecule has 1 N–H and O–H groups in total. The first-order chi connectivity index (χ1) is 7.65. The van der Waals surface area contributed by atoms with Crippen LogP contribution in [-0.4, -0.2) is 40.6 Å². The molecule has 1 aromatic rings. The van der Waals surface area contributed by atoms with E-state index in [1.807, 2.05) is 6.20 Å². The van der Waals surface area contributed by atoms with Gasteiger partial charge in [-0.15, -0.1) is 0 Å². The van der Waals surface area contributed by atoms with Crippen LogP contribution < -0.4 is 5.32 Å². The van der Waals surface area contributed by atoms with E-state index in [4.69, 9.17) is 0 Å². The second kappa shape index (κ2) is 4.87. The third-order valence-corrected chi connectivity index (χ3v) is 3.08. The Labute approximate surface area is 97.7 Å². The molecule has 0 aliphatic carbocycles. The molecule has 1 aliphatic rings. The normalized spacial score (nSPS) is 21.9. The number of aromatic nitrogens is 2. The van der Waals surface area contributed by atoms with Gasteiger partial charge < -0.3 is 14.8 Å². The van der Waals surface area contributed by atoms with E-state index in [1.54, 1.807) is 0 Å². The summed E-state index contributed by atoms with van der Waals surface area (Å²) in [5, 5.41) is 3.38. The number of likely N-dealkylation sites (tertiary alicyclic amines) is 1. The van der Waals surface area contributed by atoms with Crippen molar-refractivity contribution in [3.8, 4) is 0 Å². The summed E-state index contributed by atoms with van der Waals surface area (Å²) in [4.78, 5) is 6.76. The topological polar surface area (TPSA) is 33.1 Å². The van der Waals surface area contributed by atoms with Gasteiger partial charge in [0.05, 0.1) is 0 Å². The van der Waals surface area contributed by atoms with Gasteiger partial charge in [-0.05, 0) is 39.8 Å². The third kappa shape index (κ3) is 2.76. The average Bonchev–Trinajstić information content (AvgIpc) is 2.77. The van der Waals surface area contributed by atoms with E-state index in [0.29, 0.717) is 6.04 Å². The van der Waals surface area contributed by atoms with Gasteiger partial charge in [-0.3, -0.25) is 0 Å². The van der Waals surface area contributed by atoms with Crippen molar-refractivity contribution < 1.29 is 0 Å².